The average molecular weight is 168 g/mol. The molecule has 0 aromatic rings. The zero-order valence-electron chi connectivity index (χ0n) is 8.25. The van der Waals surface area contributed by atoms with Crippen LogP contribution in [0.4, 0.5) is 0 Å². The molecule has 70 valence electrons. The van der Waals surface area contributed by atoms with Crippen molar-refractivity contribution in [2.45, 2.75) is 33.1 Å². The van der Waals surface area contributed by atoms with Crippen molar-refractivity contribution in [3.8, 4) is 0 Å². The summed E-state index contributed by atoms with van der Waals surface area (Å²) in [4.78, 5) is 0. The largest absolute Gasteiger partial charge is 0.381 e. The van der Waals surface area contributed by atoms with Gasteiger partial charge in [-0.3, -0.25) is 0 Å². The van der Waals surface area contributed by atoms with E-state index in [1.807, 2.05) is 0 Å². The molecule has 1 heterocycles. The van der Waals surface area contributed by atoms with Crippen molar-refractivity contribution >= 4 is 0 Å². The van der Waals surface area contributed by atoms with E-state index in [0.29, 0.717) is 0 Å². The van der Waals surface area contributed by atoms with Crippen LogP contribution in [0.1, 0.15) is 33.1 Å². The summed E-state index contributed by atoms with van der Waals surface area (Å²) in [5.41, 5.74) is 0. The van der Waals surface area contributed by atoms with E-state index in [1.54, 1.807) is 0 Å². The maximum Gasteiger partial charge on any atom is 0.0498 e. The van der Waals surface area contributed by atoms with Gasteiger partial charge in [-0.15, -0.1) is 0 Å². The van der Waals surface area contributed by atoms with Gasteiger partial charge >= 0.3 is 0 Å². The molecule has 1 nitrogen and oxygen atoms in total. The molecule has 2 aliphatic rings. The monoisotopic (exact) mass is 168 g/mol. The topological polar surface area (TPSA) is 9.23 Å². The highest BCUT2D eigenvalue weighted by molar-refractivity contribution is 4.84. The summed E-state index contributed by atoms with van der Waals surface area (Å²) in [6, 6.07) is 0. The quantitative estimate of drug-likeness (QED) is 0.585. The Kier molecular flexibility index (Phi) is 2.40. The van der Waals surface area contributed by atoms with E-state index < -0.39 is 0 Å². The lowest BCUT2D eigenvalue weighted by Gasteiger charge is -2.32. The van der Waals surface area contributed by atoms with E-state index in [9.17, 15) is 0 Å². The lowest BCUT2D eigenvalue weighted by atomic mass is 9.72. The van der Waals surface area contributed by atoms with Crippen molar-refractivity contribution in [3.05, 3.63) is 0 Å². The maximum absolute atomic E-state index is 5.52. The fraction of sp³-hybridized carbons (Fsp3) is 1.00. The summed E-state index contributed by atoms with van der Waals surface area (Å²) in [5.74, 6) is 3.69. The molecule has 0 bridgehead atoms. The predicted molar refractivity (Wildman–Crippen MR) is 50.0 cm³/mol. The number of fused-ring (bicyclic) bond motifs is 1. The van der Waals surface area contributed by atoms with Crippen LogP contribution >= 0.6 is 0 Å². The smallest absolute Gasteiger partial charge is 0.0498 e. The Morgan fingerprint density at radius 3 is 2.58 bits per heavy atom. The van der Waals surface area contributed by atoms with Crippen LogP contribution < -0.4 is 0 Å². The Morgan fingerprint density at radius 1 is 1.08 bits per heavy atom. The van der Waals surface area contributed by atoms with Crippen LogP contribution in [-0.2, 0) is 4.74 Å². The SMILES string of the molecule is CC(C)C1CCC2COCC2C1. The van der Waals surface area contributed by atoms with Gasteiger partial charge in [-0.25, -0.2) is 0 Å². The molecule has 0 radical (unpaired) electrons. The van der Waals surface area contributed by atoms with E-state index in [2.05, 4.69) is 13.8 Å². The average Bonchev–Trinajstić information content (AvgIpc) is 2.49. The van der Waals surface area contributed by atoms with Crippen LogP contribution in [0.2, 0.25) is 0 Å². The predicted octanol–water partition coefficient (Wildman–Crippen LogP) is 2.71. The van der Waals surface area contributed by atoms with Crippen molar-refractivity contribution in [2.24, 2.45) is 23.7 Å². The first-order chi connectivity index (χ1) is 5.77. The van der Waals surface area contributed by atoms with Crippen molar-refractivity contribution in [2.75, 3.05) is 13.2 Å². The Labute approximate surface area is 75.5 Å². The first kappa shape index (κ1) is 8.55. The summed E-state index contributed by atoms with van der Waals surface area (Å²) < 4.78 is 5.52. The second-order valence-electron chi connectivity index (χ2n) is 4.87. The van der Waals surface area contributed by atoms with Gasteiger partial charge in [0.1, 0.15) is 0 Å². The minimum atomic E-state index is 0.881. The highest BCUT2D eigenvalue weighted by Crippen LogP contribution is 2.40. The number of hydrogen-bond donors (Lipinski definition) is 0. The van der Waals surface area contributed by atoms with Crippen LogP contribution in [-0.4, -0.2) is 13.2 Å². The third-order valence-electron chi connectivity index (χ3n) is 3.79. The summed E-state index contributed by atoms with van der Waals surface area (Å²) in [6.45, 7) is 6.82. The first-order valence-electron chi connectivity index (χ1n) is 5.35. The summed E-state index contributed by atoms with van der Waals surface area (Å²) in [6.07, 6.45) is 4.30. The molecule has 2 rings (SSSR count). The molecule has 1 heteroatoms. The van der Waals surface area contributed by atoms with Crippen LogP contribution in [0.5, 0.6) is 0 Å². The number of rotatable bonds is 1. The molecule has 1 aliphatic carbocycles. The summed E-state index contributed by atoms with van der Waals surface area (Å²) in [7, 11) is 0. The lowest BCUT2D eigenvalue weighted by molar-refractivity contribution is 0.175. The van der Waals surface area contributed by atoms with Crippen molar-refractivity contribution in [3.63, 3.8) is 0 Å². The molecule has 1 saturated carbocycles. The molecule has 0 amide bonds. The molecule has 0 N–H and O–H groups in total. The fourth-order valence-electron chi connectivity index (χ4n) is 2.76. The molecule has 2 fully saturated rings. The van der Waals surface area contributed by atoms with Crippen LogP contribution in [0.15, 0.2) is 0 Å². The lowest BCUT2D eigenvalue weighted by Crippen LogP contribution is -2.26. The van der Waals surface area contributed by atoms with Gasteiger partial charge in [0.15, 0.2) is 0 Å². The van der Waals surface area contributed by atoms with Gasteiger partial charge in [-0.05, 0) is 42.9 Å². The fourth-order valence-corrected chi connectivity index (χ4v) is 2.76. The second kappa shape index (κ2) is 3.37. The van der Waals surface area contributed by atoms with Gasteiger partial charge in [-0.2, -0.15) is 0 Å². The molecule has 12 heavy (non-hydrogen) atoms. The van der Waals surface area contributed by atoms with E-state index in [0.717, 1.165) is 36.9 Å². The zero-order valence-corrected chi connectivity index (χ0v) is 8.25. The number of ether oxygens (including phenoxy) is 1. The van der Waals surface area contributed by atoms with E-state index in [1.165, 1.54) is 19.3 Å². The van der Waals surface area contributed by atoms with Crippen molar-refractivity contribution in [1.82, 2.24) is 0 Å². The Hall–Kier alpha value is -0.0400. The standard InChI is InChI=1S/C11H20O/c1-8(2)9-3-4-10-6-12-7-11(10)5-9/h8-11H,3-7H2,1-2H3. The molecule has 0 aromatic carbocycles. The molecule has 1 saturated heterocycles. The number of hydrogen-bond acceptors (Lipinski definition) is 1. The molecule has 3 unspecified atom stereocenters. The van der Waals surface area contributed by atoms with E-state index >= 15 is 0 Å². The van der Waals surface area contributed by atoms with Crippen LogP contribution in [0, 0.1) is 23.7 Å². The Balaban J connectivity index is 1.92. The van der Waals surface area contributed by atoms with Crippen LogP contribution in [0.3, 0.4) is 0 Å². The van der Waals surface area contributed by atoms with E-state index in [4.69, 9.17) is 4.74 Å². The normalized spacial score (nSPS) is 41.8. The summed E-state index contributed by atoms with van der Waals surface area (Å²) >= 11 is 0. The molecule has 3 atom stereocenters. The first-order valence-corrected chi connectivity index (χ1v) is 5.35. The minimum Gasteiger partial charge on any atom is -0.381 e. The van der Waals surface area contributed by atoms with Gasteiger partial charge in [0.2, 0.25) is 0 Å². The van der Waals surface area contributed by atoms with E-state index in [-0.39, 0.29) is 0 Å². The molecular formula is C11H20O. The molecular weight excluding hydrogens is 148 g/mol. The van der Waals surface area contributed by atoms with Gasteiger partial charge in [0.25, 0.3) is 0 Å². The minimum absolute atomic E-state index is 0.881. The van der Waals surface area contributed by atoms with Crippen molar-refractivity contribution in [1.29, 1.82) is 0 Å². The molecule has 1 aliphatic heterocycles. The maximum atomic E-state index is 5.52. The summed E-state index contributed by atoms with van der Waals surface area (Å²) in [5, 5.41) is 0. The van der Waals surface area contributed by atoms with Gasteiger partial charge in [0, 0.05) is 13.2 Å². The van der Waals surface area contributed by atoms with Gasteiger partial charge in [0.05, 0.1) is 0 Å². The molecule has 0 aromatic heterocycles. The Morgan fingerprint density at radius 2 is 1.83 bits per heavy atom. The van der Waals surface area contributed by atoms with Crippen molar-refractivity contribution < 1.29 is 4.74 Å². The zero-order chi connectivity index (χ0) is 8.55. The van der Waals surface area contributed by atoms with Gasteiger partial charge in [-0.1, -0.05) is 13.8 Å². The second-order valence-corrected chi connectivity index (χ2v) is 4.87. The highest BCUT2D eigenvalue weighted by Gasteiger charge is 2.35. The molecule has 0 spiro atoms. The highest BCUT2D eigenvalue weighted by atomic mass is 16.5. The van der Waals surface area contributed by atoms with Crippen LogP contribution in [0.25, 0.3) is 0 Å². The third kappa shape index (κ3) is 1.52. The third-order valence-corrected chi connectivity index (χ3v) is 3.79. The Bertz CT molecular complexity index is 153. The van der Waals surface area contributed by atoms with Gasteiger partial charge < -0.3 is 4.74 Å².